The van der Waals surface area contributed by atoms with Crippen molar-refractivity contribution in [3.63, 3.8) is 0 Å². The second kappa shape index (κ2) is 8.48. The van der Waals surface area contributed by atoms with Crippen molar-refractivity contribution in [3.05, 3.63) is 54.1 Å². The summed E-state index contributed by atoms with van der Waals surface area (Å²) in [5.41, 5.74) is 0.353. The van der Waals surface area contributed by atoms with Crippen LogP contribution in [0.5, 0.6) is 5.75 Å². The number of rotatable bonds is 5. The molecule has 1 amide bonds. The van der Waals surface area contributed by atoms with E-state index in [0.717, 1.165) is 11.1 Å². The number of aliphatic hydroxyl groups excluding tert-OH is 3. The molecule has 2 aromatic rings. The van der Waals surface area contributed by atoms with Crippen molar-refractivity contribution in [2.75, 3.05) is 13.7 Å². The van der Waals surface area contributed by atoms with Gasteiger partial charge in [0.15, 0.2) is 5.60 Å². The zero-order valence-corrected chi connectivity index (χ0v) is 16.1. The maximum atomic E-state index is 11.8. The van der Waals surface area contributed by atoms with Gasteiger partial charge in [-0.2, -0.15) is 0 Å². The van der Waals surface area contributed by atoms with Crippen LogP contribution in [0.15, 0.2) is 48.5 Å². The topological polar surface area (TPSA) is 128 Å². The zero-order chi connectivity index (χ0) is 21.2. The Labute approximate surface area is 168 Å². The van der Waals surface area contributed by atoms with E-state index < -0.39 is 36.8 Å². The molecule has 29 heavy (non-hydrogen) atoms. The van der Waals surface area contributed by atoms with E-state index in [0.29, 0.717) is 11.3 Å². The summed E-state index contributed by atoms with van der Waals surface area (Å²) in [7, 11) is 1.57. The van der Waals surface area contributed by atoms with Crippen LogP contribution in [0.2, 0.25) is 0 Å². The molecule has 0 unspecified atom stereocenters. The van der Waals surface area contributed by atoms with Crippen molar-refractivity contribution in [1.82, 2.24) is 5.32 Å². The molecule has 0 aliphatic carbocycles. The monoisotopic (exact) mass is 403 g/mol. The number of hydrogen-bond acceptors (Lipinski definition) is 7. The van der Waals surface area contributed by atoms with Crippen molar-refractivity contribution in [1.29, 1.82) is 0 Å². The lowest BCUT2D eigenvalue weighted by Gasteiger charge is -2.45. The molecule has 5 N–H and O–H groups in total. The smallest absolute Gasteiger partial charge is 0.251 e. The highest BCUT2D eigenvalue weighted by molar-refractivity contribution is 5.95. The Hall–Kier alpha value is -2.49. The predicted molar refractivity (Wildman–Crippen MR) is 104 cm³/mol. The number of aliphatic hydroxyl groups is 4. The third-order valence-corrected chi connectivity index (χ3v) is 5.04. The van der Waals surface area contributed by atoms with Gasteiger partial charge in [-0.1, -0.05) is 24.3 Å². The van der Waals surface area contributed by atoms with Crippen LogP contribution in [0.4, 0.5) is 0 Å². The summed E-state index contributed by atoms with van der Waals surface area (Å²) >= 11 is 0. The third-order valence-electron chi connectivity index (χ3n) is 5.04. The van der Waals surface area contributed by atoms with Gasteiger partial charge in [0, 0.05) is 12.6 Å². The second-order valence-corrected chi connectivity index (χ2v) is 7.15. The molecule has 1 aliphatic heterocycles. The quantitative estimate of drug-likeness (QED) is 0.485. The van der Waals surface area contributed by atoms with Crippen molar-refractivity contribution in [2.24, 2.45) is 0 Å². The molecule has 8 heteroatoms. The molecule has 0 saturated carbocycles. The highest BCUT2D eigenvalue weighted by Crippen LogP contribution is 2.32. The molecular formula is C21H25NO7. The van der Waals surface area contributed by atoms with Gasteiger partial charge in [-0.25, -0.2) is 0 Å². The summed E-state index contributed by atoms with van der Waals surface area (Å²) in [6.07, 6.45) is -5.36. The molecule has 1 heterocycles. The molecule has 0 radical (unpaired) electrons. The lowest BCUT2D eigenvalue weighted by atomic mass is 9.88. The Morgan fingerprint density at radius 2 is 1.86 bits per heavy atom. The molecule has 2 aromatic carbocycles. The van der Waals surface area contributed by atoms with Gasteiger partial charge in [0.2, 0.25) is 6.29 Å². The van der Waals surface area contributed by atoms with Crippen LogP contribution in [0.1, 0.15) is 17.3 Å². The van der Waals surface area contributed by atoms with Gasteiger partial charge in [0.1, 0.15) is 24.1 Å². The van der Waals surface area contributed by atoms with Crippen LogP contribution in [0.25, 0.3) is 11.1 Å². The minimum atomic E-state index is -1.88. The summed E-state index contributed by atoms with van der Waals surface area (Å²) in [4.78, 5) is 11.8. The first kappa shape index (κ1) is 21.2. The van der Waals surface area contributed by atoms with Gasteiger partial charge in [0.25, 0.3) is 5.91 Å². The standard InChI is InChI=1S/C21H25NO7/c1-21(27)18(25)17(24)16(11-23)29-20(21)28-15-8-6-12(7-9-15)13-4-3-5-14(10-13)19(26)22-2/h3-10,16-18,20,23-25,27H,11H2,1-2H3,(H,22,26)/t16-,17-,18+,20+,21+/m1/s1. The Bertz CT molecular complexity index is 852. The first-order valence-corrected chi connectivity index (χ1v) is 9.22. The van der Waals surface area contributed by atoms with Crippen LogP contribution in [-0.4, -0.2) is 70.2 Å². The molecule has 0 spiro atoms. The van der Waals surface area contributed by atoms with E-state index >= 15 is 0 Å². The van der Waals surface area contributed by atoms with Crippen LogP contribution in [-0.2, 0) is 4.74 Å². The molecule has 3 rings (SSSR count). The van der Waals surface area contributed by atoms with Crippen molar-refractivity contribution in [2.45, 2.75) is 37.1 Å². The SMILES string of the molecule is CNC(=O)c1cccc(-c2ccc(O[C@H]3O[C@H](CO)[C@@H](O)[C@H](O)[C@]3(C)O)cc2)c1. The zero-order valence-electron chi connectivity index (χ0n) is 16.1. The fourth-order valence-electron chi connectivity index (χ4n) is 3.20. The first-order valence-electron chi connectivity index (χ1n) is 9.22. The van der Waals surface area contributed by atoms with Gasteiger partial charge in [-0.05, 0) is 42.3 Å². The number of nitrogens with one attached hydrogen (secondary N) is 1. The average Bonchev–Trinajstić information content (AvgIpc) is 2.74. The average molecular weight is 403 g/mol. The number of amides is 1. The minimum Gasteiger partial charge on any atom is -0.462 e. The van der Waals surface area contributed by atoms with E-state index in [1.54, 1.807) is 49.5 Å². The fourth-order valence-corrected chi connectivity index (χ4v) is 3.20. The van der Waals surface area contributed by atoms with Crippen molar-refractivity contribution in [3.8, 4) is 16.9 Å². The largest absolute Gasteiger partial charge is 0.462 e. The molecule has 5 atom stereocenters. The van der Waals surface area contributed by atoms with E-state index in [9.17, 15) is 25.2 Å². The Morgan fingerprint density at radius 1 is 1.17 bits per heavy atom. The summed E-state index contributed by atoms with van der Waals surface area (Å²) < 4.78 is 11.1. The molecule has 8 nitrogen and oxygen atoms in total. The van der Waals surface area contributed by atoms with Crippen molar-refractivity contribution >= 4 is 5.91 Å². The summed E-state index contributed by atoms with van der Waals surface area (Å²) in [6, 6.07) is 14.0. The van der Waals surface area contributed by atoms with Gasteiger partial charge in [-0.15, -0.1) is 0 Å². The van der Waals surface area contributed by atoms with Gasteiger partial charge >= 0.3 is 0 Å². The van der Waals surface area contributed by atoms with E-state index in [1.807, 2.05) is 6.07 Å². The summed E-state index contributed by atoms with van der Waals surface area (Å²) in [6.45, 7) is 0.757. The van der Waals surface area contributed by atoms with Crippen LogP contribution in [0, 0.1) is 0 Å². The summed E-state index contributed by atoms with van der Waals surface area (Å²) in [5, 5.41) is 42.5. The van der Waals surface area contributed by atoms with Crippen LogP contribution < -0.4 is 10.1 Å². The molecular weight excluding hydrogens is 378 g/mol. The maximum Gasteiger partial charge on any atom is 0.251 e. The molecule has 0 bridgehead atoms. The normalized spacial score (nSPS) is 29.3. The van der Waals surface area contributed by atoms with E-state index in [-0.39, 0.29) is 5.91 Å². The third kappa shape index (κ3) is 4.26. The maximum absolute atomic E-state index is 11.8. The molecule has 0 aromatic heterocycles. The number of carbonyl (C=O) groups is 1. The minimum absolute atomic E-state index is 0.178. The Kier molecular flexibility index (Phi) is 6.21. The second-order valence-electron chi connectivity index (χ2n) is 7.15. The number of ether oxygens (including phenoxy) is 2. The van der Waals surface area contributed by atoms with E-state index in [2.05, 4.69) is 5.32 Å². The van der Waals surface area contributed by atoms with E-state index in [1.165, 1.54) is 6.92 Å². The van der Waals surface area contributed by atoms with Crippen molar-refractivity contribution < 1.29 is 34.7 Å². The lowest BCUT2D eigenvalue weighted by molar-refractivity contribution is -0.314. The highest BCUT2D eigenvalue weighted by Gasteiger charge is 2.53. The number of hydrogen-bond donors (Lipinski definition) is 5. The molecule has 156 valence electrons. The lowest BCUT2D eigenvalue weighted by Crippen LogP contribution is -2.66. The Balaban J connectivity index is 1.78. The number of carbonyl (C=O) groups excluding carboxylic acids is 1. The Morgan fingerprint density at radius 3 is 2.48 bits per heavy atom. The molecule has 1 fully saturated rings. The first-order chi connectivity index (χ1) is 13.8. The van der Waals surface area contributed by atoms with Gasteiger partial charge in [-0.3, -0.25) is 4.79 Å². The molecule has 1 saturated heterocycles. The predicted octanol–water partition coefficient (Wildman–Crippen LogP) is 0.282. The van der Waals surface area contributed by atoms with Gasteiger partial charge in [0.05, 0.1) is 6.61 Å². The molecule has 1 aliphatic rings. The van der Waals surface area contributed by atoms with Gasteiger partial charge < -0.3 is 35.2 Å². The van der Waals surface area contributed by atoms with E-state index in [4.69, 9.17) is 9.47 Å². The van der Waals surface area contributed by atoms with Crippen LogP contribution in [0.3, 0.4) is 0 Å². The highest BCUT2D eigenvalue weighted by atomic mass is 16.7. The summed E-state index contributed by atoms with van der Waals surface area (Å²) in [5.74, 6) is 0.185. The fraction of sp³-hybridized carbons (Fsp3) is 0.381. The number of benzene rings is 2. The van der Waals surface area contributed by atoms with Crippen LogP contribution >= 0.6 is 0 Å².